The van der Waals surface area contributed by atoms with Gasteiger partial charge in [0.2, 0.25) is 0 Å². The zero-order chi connectivity index (χ0) is 16.9. The molecule has 0 amide bonds. The van der Waals surface area contributed by atoms with E-state index >= 15 is 0 Å². The van der Waals surface area contributed by atoms with Crippen LogP contribution in [0.5, 0.6) is 5.75 Å². The zero-order valence-corrected chi connectivity index (χ0v) is 13.6. The Morgan fingerprint density at radius 3 is 2.58 bits per heavy atom. The normalized spacial score (nSPS) is 10.4. The molecule has 2 aromatic carbocycles. The van der Waals surface area contributed by atoms with E-state index in [0.717, 1.165) is 22.7 Å². The molecule has 0 spiro atoms. The Hall–Kier alpha value is -3.08. The summed E-state index contributed by atoms with van der Waals surface area (Å²) in [6, 6.07) is 17.5. The minimum absolute atomic E-state index is 0.393. The number of methoxy groups -OCH3 is 2. The molecule has 1 aromatic heterocycles. The number of hydrogen-bond donors (Lipinski definition) is 0. The number of para-hydroxylation sites is 1. The van der Waals surface area contributed by atoms with Gasteiger partial charge in [0.05, 0.1) is 31.8 Å². The summed E-state index contributed by atoms with van der Waals surface area (Å²) < 4.78 is 11.9. The van der Waals surface area contributed by atoms with Crippen LogP contribution < -0.4 is 4.74 Å². The minimum atomic E-state index is -0.393. The van der Waals surface area contributed by atoms with Gasteiger partial charge in [-0.1, -0.05) is 30.3 Å². The molecule has 0 atom stereocenters. The second kappa shape index (κ2) is 7.00. The van der Waals surface area contributed by atoms with Crippen molar-refractivity contribution in [2.24, 2.45) is 0 Å². The molecule has 0 bridgehead atoms. The summed E-state index contributed by atoms with van der Waals surface area (Å²) in [5.41, 5.74) is 3.16. The van der Waals surface area contributed by atoms with Crippen molar-refractivity contribution in [3.63, 3.8) is 0 Å². The first-order valence-corrected chi connectivity index (χ1v) is 7.56. The summed E-state index contributed by atoms with van der Waals surface area (Å²) in [4.78, 5) is 12.1. The molecule has 0 saturated heterocycles. The van der Waals surface area contributed by atoms with E-state index in [-0.39, 0.29) is 0 Å². The number of carbonyl (C=O) groups is 1. The smallest absolute Gasteiger partial charge is 0.341 e. The van der Waals surface area contributed by atoms with E-state index < -0.39 is 5.97 Å². The Bertz CT molecular complexity index is 841. The van der Waals surface area contributed by atoms with E-state index in [0.29, 0.717) is 12.0 Å². The van der Waals surface area contributed by atoms with Crippen LogP contribution in [0.25, 0.3) is 5.69 Å². The summed E-state index contributed by atoms with van der Waals surface area (Å²) in [6.07, 6.45) is 2.09. The van der Waals surface area contributed by atoms with Crippen LogP contribution in [-0.2, 0) is 11.2 Å². The second-order valence-electron chi connectivity index (χ2n) is 5.27. The summed E-state index contributed by atoms with van der Waals surface area (Å²) in [7, 11) is 3.00. The number of rotatable bonds is 5. The van der Waals surface area contributed by atoms with Crippen LogP contribution in [-0.4, -0.2) is 30.0 Å². The third kappa shape index (κ3) is 3.15. The van der Waals surface area contributed by atoms with Gasteiger partial charge in [0, 0.05) is 6.42 Å². The molecular weight excluding hydrogens is 304 g/mol. The van der Waals surface area contributed by atoms with E-state index in [1.807, 2.05) is 54.6 Å². The fraction of sp³-hybridized carbons (Fsp3) is 0.158. The maximum Gasteiger partial charge on any atom is 0.341 e. The van der Waals surface area contributed by atoms with Gasteiger partial charge in [-0.3, -0.25) is 0 Å². The van der Waals surface area contributed by atoms with Crippen molar-refractivity contribution in [1.82, 2.24) is 9.78 Å². The third-order valence-electron chi connectivity index (χ3n) is 3.78. The number of aromatic nitrogens is 2. The van der Waals surface area contributed by atoms with E-state index in [9.17, 15) is 4.79 Å². The van der Waals surface area contributed by atoms with E-state index in [1.165, 1.54) is 7.11 Å². The van der Waals surface area contributed by atoms with Crippen molar-refractivity contribution in [3.05, 3.63) is 77.6 Å². The average Bonchev–Trinajstić information content (AvgIpc) is 3.05. The molecule has 24 heavy (non-hydrogen) atoms. The van der Waals surface area contributed by atoms with Crippen molar-refractivity contribution in [2.75, 3.05) is 14.2 Å². The molecule has 0 unspecified atom stereocenters. The lowest BCUT2D eigenvalue weighted by Crippen LogP contribution is -2.09. The first-order valence-electron chi connectivity index (χ1n) is 7.56. The standard InChI is InChI=1S/C19H18N2O3/c1-23-16-10-6-7-14(11-16)12-18-17(19(22)24-2)13-20-21(18)15-8-4-3-5-9-15/h3-11,13H,12H2,1-2H3. The highest BCUT2D eigenvalue weighted by Gasteiger charge is 2.19. The average molecular weight is 322 g/mol. The van der Waals surface area contributed by atoms with Crippen LogP contribution in [0.1, 0.15) is 21.6 Å². The highest BCUT2D eigenvalue weighted by atomic mass is 16.5. The molecule has 0 aliphatic rings. The molecule has 0 fully saturated rings. The SMILES string of the molecule is COC(=O)c1cnn(-c2ccccc2)c1Cc1cccc(OC)c1. The molecular formula is C19H18N2O3. The largest absolute Gasteiger partial charge is 0.497 e. The molecule has 3 rings (SSSR count). The highest BCUT2D eigenvalue weighted by molar-refractivity contribution is 5.90. The summed E-state index contributed by atoms with van der Waals surface area (Å²) in [5, 5.41) is 4.38. The molecule has 122 valence electrons. The van der Waals surface area contributed by atoms with Gasteiger partial charge in [-0.25, -0.2) is 9.48 Å². The molecule has 0 aliphatic heterocycles. The van der Waals surface area contributed by atoms with E-state index in [2.05, 4.69) is 5.10 Å². The highest BCUT2D eigenvalue weighted by Crippen LogP contribution is 2.21. The Kier molecular flexibility index (Phi) is 4.61. The van der Waals surface area contributed by atoms with Crippen molar-refractivity contribution in [1.29, 1.82) is 0 Å². The predicted molar refractivity (Wildman–Crippen MR) is 90.7 cm³/mol. The van der Waals surface area contributed by atoms with Crippen LogP contribution in [0.2, 0.25) is 0 Å². The summed E-state index contributed by atoms with van der Waals surface area (Å²) >= 11 is 0. The Labute approximate surface area is 140 Å². The Balaban J connectivity index is 2.06. The molecule has 0 radical (unpaired) electrons. The Morgan fingerprint density at radius 2 is 1.88 bits per heavy atom. The fourth-order valence-electron chi connectivity index (χ4n) is 2.59. The van der Waals surface area contributed by atoms with Gasteiger partial charge in [-0.15, -0.1) is 0 Å². The number of benzene rings is 2. The van der Waals surface area contributed by atoms with Crippen LogP contribution in [0.4, 0.5) is 0 Å². The maximum absolute atomic E-state index is 12.1. The zero-order valence-electron chi connectivity index (χ0n) is 13.6. The maximum atomic E-state index is 12.1. The topological polar surface area (TPSA) is 53.3 Å². The predicted octanol–water partition coefficient (Wildman–Crippen LogP) is 3.26. The number of hydrogen-bond acceptors (Lipinski definition) is 4. The van der Waals surface area contributed by atoms with Crippen LogP contribution >= 0.6 is 0 Å². The second-order valence-corrected chi connectivity index (χ2v) is 5.27. The Morgan fingerprint density at radius 1 is 1.08 bits per heavy atom. The van der Waals surface area contributed by atoms with E-state index in [4.69, 9.17) is 9.47 Å². The summed E-state index contributed by atoms with van der Waals surface area (Å²) in [5.74, 6) is 0.382. The lowest BCUT2D eigenvalue weighted by Gasteiger charge is -2.10. The van der Waals surface area contributed by atoms with Gasteiger partial charge < -0.3 is 9.47 Å². The van der Waals surface area contributed by atoms with Gasteiger partial charge in [0.1, 0.15) is 11.3 Å². The van der Waals surface area contributed by atoms with Gasteiger partial charge in [0.15, 0.2) is 0 Å². The van der Waals surface area contributed by atoms with Gasteiger partial charge in [0.25, 0.3) is 0 Å². The lowest BCUT2D eigenvalue weighted by atomic mass is 10.1. The van der Waals surface area contributed by atoms with Crippen molar-refractivity contribution >= 4 is 5.97 Å². The first-order chi connectivity index (χ1) is 11.7. The van der Waals surface area contributed by atoms with Crippen LogP contribution in [0.15, 0.2) is 60.8 Å². The summed E-state index contributed by atoms with van der Waals surface area (Å²) in [6.45, 7) is 0. The fourth-order valence-corrected chi connectivity index (χ4v) is 2.59. The number of esters is 1. The van der Waals surface area contributed by atoms with Crippen molar-refractivity contribution < 1.29 is 14.3 Å². The molecule has 0 N–H and O–H groups in total. The third-order valence-corrected chi connectivity index (χ3v) is 3.78. The molecule has 5 heteroatoms. The minimum Gasteiger partial charge on any atom is -0.497 e. The quantitative estimate of drug-likeness (QED) is 0.677. The number of ether oxygens (including phenoxy) is 2. The number of nitrogens with zero attached hydrogens (tertiary/aromatic N) is 2. The van der Waals surface area contributed by atoms with Crippen LogP contribution in [0.3, 0.4) is 0 Å². The molecule has 0 saturated carbocycles. The van der Waals surface area contributed by atoms with E-state index in [1.54, 1.807) is 18.0 Å². The first kappa shape index (κ1) is 15.8. The molecule has 1 heterocycles. The molecule has 5 nitrogen and oxygen atoms in total. The molecule has 0 aliphatic carbocycles. The van der Waals surface area contributed by atoms with Gasteiger partial charge in [-0.2, -0.15) is 5.10 Å². The number of carbonyl (C=O) groups excluding carboxylic acids is 1. The molecule has 3 aromatic rings. The lowest BCUT2D eigenvalue weighted by molar-refractivity contribution is 0.0599. The van der Waals surface area contributed by atoms with Gasteiger partial charge >= 0.3 is 5.97 Å². The van der Waals surface area contributed by atoms with Gasteiger partial charge in [-0.05, 0) is 29.8 Å². The monoisotopic (exact) mass is 322 g/mol. The van der Waals surface area contributed by atoms with Crippen molar-refractivity contribution in [3.8, 4) is 11.4 Å². The van der Waals surface area contributed by atoms with Crippen LogP contribution in [0, 0.1) is 0 Å². The van der Waals surface area contributed by atoms with Crippen molar-refractivity contribution in [2.45, 2.75) is 6.42 Å².